The summed E-state index contributed by atoms with van der Waals surface area (Å²) in [6, 6.07) is 17.4. The molecule has 146 valence electrons. The second-order valence-corrected chi connectivity index (χ2v) is 8.27. The summed E-state index contributed by atoms with van der Waals surface area (Å²) in [7, 11) is 0. The van der Waals surface area contributed by atoms with Gasteiger partial charge in [-0.25, -0.2) is 15.0 Å². The van der Waals surface area contributed by atoms with Crippen LogP contribution in [0.25, 0.3) is 22.2 Å². The molecular formula is C24H24N4O. The first-order valence-electron chi connectivity index (χ1n) is 10.1. The van der Waals surface area contributed by atoms with Crippen molar-refractivity contribution < 1.29 is 5.11 Å². The lowest BCUT2D eigenvalue weighted by Crippen LogP contribution is -2.19. The van der Waals surface area contributed by atoms with Crippen molar-refractivity contribution in [1.29, 1.82) is 0 Å². The van der Waals surface area contributed by atoms with E-state index in [1.54, 1.807) is 26.2 Å². The first kappa shape index (κ1) is 18.0. The van der Waals surface area contributed by atoms with Crippen molar-refractivity contribution in [2.45, 2.75) is 44.8 Å². The molecule has 1 N–H and O–H groups in total. The highest BCUT2D eigenvalue weighted by atomic mass is 16.3. The van der Waals surface area contributed by atoms with Crippen molar-refractivity contribution in [3.05, 3.63) is 78.1 Å². The molecule has 0 spiro atoms. The van der Waals surface area contributed by atoms with E-state index in [4.69, 9.17) is 4.98 Å². The fourth-order valence-corrected chi connectivity index (χ4v) is 4.21. The molecule has 1 aliphatic rings. The summed E-state index contributed by atoms with van der Waals surface area (Å²) >= 11 is 0. The van der Waals surface area contributed by atoms with Gasteiger partial charge in [0.25, 0.3) is 0 Å². The summed E-state index contributed by atoms with van der Waals surface area (Å²) in [6.07, 6.45) is 6.85. The maximum absolute atomic E-state index is 10.1. The quantitative estimate of drug-likeness (QED) is 0.559. The van der Waals surface area contributed by atoms with E-state index in [-0.39, 0.29) is 0 Å². The van der Waals surface area contributed by atoms with Gasteiger partial charge in [-0.15, -0.1) is 0 Å². The number of aliphatic hydroxyl groups is 1. The molecule has 1 atom stereocenters. The SMILES string of the molecule is CC(C)(O)c1ncc(-c2ccc3nc4n(c3c2)[C@@H](c2ccccc2)CCC4)cn1. The zero-order chi connectivity index (χ0) is 20.0. The Hall–Kier alpha value is -3.05. The number of hydrogen-bond donors (Lipinski definition) is 1. The van der Waals surface area contributed by atoms with Gasteiger partial charge in [-0.3, -0.25) is 0 Å². The molecular weight excluding hydrogens is 360 g/mol. The van der Waals surface area contributed by atoms with Crippen molar-refractivity contribution in [2.75, 3.05) is 0 Å². The third-order valence-electron chi connectivity index (χ3n) is 5.67. The highest BCUT2D eigenvalue weighted by Crippen LogP contribution is 2.35. The van der Waals surface area contributed by atoms with Gasteiger partial charge in [0.2, 0.25) is 0 Å². The highest BCUT2D eigenvalue weighted by molar-refractivity contribution is 5.83. The largest absolute Gasteiger partial charge is 0.382 e. The number of aromatic nitrogens is 4. The number of nitrogens with zero attached hydrogens (tertiary/aromatic N) is 4. The van der Waals surface area contributed by atoms with Crippen LogP contribution in [0.5, 0.6) is 0 Å². The smallest absolute Gasteiger partial charge is 0.159 e. The Balaban J connectivity index is 1.61. The van der Waals surface area contributed by atoms with Crippen molar-refractivity contribution in [3.63, 3.8) is 0 Å². The number of imidazole rings is 1. The average Bonchev–Trinajstić information content (AvgIpc) is 3.12. The summed E-state index contributed by atoms with van der Waals surface area (Å²) in [5, 5.41) is 10.1. The molecule has 1 aliphatic heterocycles. The summed E-state index contributed by atoms with van der Waals surface area (Å²) in [4.78, 5) is 13.6. The number of rotatable bonds is 3. The molecule has 0 bridgehead atoms. The Bertz CT molecular complexity index is 1160. The van der Waals surface area contributed by atoms with Gasteiger partial charge in [0.15, 0.2) is 5.82 Å². The summed E-state index contributed by atoms with van der Waals surface area (Å²) in [5.41, 5.74) is 4.45. The van der Waals surface area contributed by atoms with E-state index in [9.17, 15) is 5.11 Å². The van der Waals surface area contributed by atoms with Crippen molar-refractivity contribution in [2.24, 2.45) is 0 Å². The zero-order valence-electron chi connectivity index (χ0n) is 16.7. The minimum Gasteiger partial charge on any atom is -0.382 e. The van der Waals surface area contributed by atoms with E-state index >= 15 is 0 Å². The predicted molar refractivity (Wildman–Crippen MR) is 114 cm³/mol. The van der Waals surface area contributed by atoms with Gasteiger partial charge in [0.1, 0.15) is 11.4 Å². The van der Waals surface area contributed by atoms with E-state index in [1.807, 2.05) is 0 Å². The topological polar surface area (TPSA) is 63.8 Å². The molecule has 0 saturated heterocycles. The van der Waals surface area contributed by atoms with Crippen LogP contribution in [0.2, 0.25) is 0 Å². The predicted octanol–water partition coefficient (Wildman–Crippen LogP) is 4.65. The van der Waals surface area contributed by atoms with Gasteiger partial charge in [0.05, 0.1) is 17.1 Å². The Labute approximate surface area is 170 Å². The van der Waals surface area contributed by atoms with Gasteiger partial charge >= 0.3 is 0 Å². The van der Waals surface area contributed by atoms with Crippen molar-refractivity contribution in [3.8, 4) is 11.1 Å². The van der Waals surface area contributed by atoms with E-state index < -0.39 is 5.60 Å². The molecule has 0 radical (unpaired) electrons. The summed E-state index contributed by atoms with van der Waals surface area (Å²) < 4.78 is 2.41. The average molecular weight is 384 g/mol. The van der Waals surface area contributed by atoms with Crippen LogP contribution >= 0.6 is 0 Å². The van der Waals surface area contributed by atoms with E-state index in [0.717, 1.165) is 47.2 Å². The molecule has 0 unspecified atom stereocenters. The molecule has 5 nitrogen and oxygen atoms in total. The van der Waals surface area contributed by atoms with Crippen LogP contribution in [0.1, 0.15) is 49.9 Å². The second-order valence-electron chi connectivity index (χ2n) is 8.27. The lowest BCUT2D eigenvalue weighted by Gasteiger charge is -2.26. The van der Waals surface area contributed by atoms with Crippen molar-refractivity contribution in [1.82, 2.24) is 19.5 Å². The number of benzene rings is 2. The monoisotopic (exact) mass is 384 g/mol. The first-order valence-corrected chi connectivity index (χ1v) is 10.1. The van der Waals surface area contributed by atoms with Gasteiger partial charge < -0.3 is 9.67 Å². The molecule has 5 heteroatoms. The van der Waals surface area contributed by atoms with Crippen LogP contribution in [0.4, 0.5) is 0 Å². The fraction of sp³-hybridized carbons (Fsp3) is 0.292. The lowest BCUT2D eigenvalue weighted by molar-refractivity contribution is 0.0687. The van der Waals surface area contributed by atoms with Crippen molar-refractivity contribution >= 4 is 11.0 Å². The summed E-state index contributed by atoms with van der Waals surface area (Å²) in [6.45, 7) is 3.38. The van der Waals surface area contributed by atoms with Crippen LogP contribution in [0.3, 0.4) is 0 Å². The number of aryl methyl sites for hydroxylation is 1. The lowest BCUT2D eigenvalue weighted by atomic mass is 9.97. The maximum atomic E-state index is 10.1. The van der Waals surface area contributed by atoms with Gasteiger partial charge in [-0.1, -0.05) is 36.4 Å². The second kappa shape index (κ2) is 6.78. The minimum atomic E-state index is -1.05. The Morgan fingerprint density at radius 1 is 1.00 bits per heavy atom. The molecule has 0 aliphatic carbocycles. The Morgan fingerprint density at radius 2 is 1.76 bits per heavy atom. The van der Waals surface area contributed by atoms with Crippen LogP contribution in [0.15, 0.2) is 60.9 Å². The van der Waals surface area contributed by atoms with Crippen LogP contribution in [0, 0.1) is 0 Å². The molecule has 2 aromatic heterocycles. The standard InChI is InChI=1S/C24H24N4O/c1-24(2,29)23-25-14-18(15-26-23)17-11-12-19-21(13-17)28-20(9-6-10-22(28)27-19)16-7-4-3-5-8-16/h3-5,7-8,11-15,20,29H,6,9-10H2,1-2H3/t20-/m1/s1. The fourth-order valence-electron chi connectivity index (χ4n) is 4.21. The van der Waals surface area contributed by atoms with Crippen LogP contribution < -0.4 is 0 Å². The third-order valence-corrected chi connectivity index (χ3v) is 5.67. The van der Waals surface area contributed by atoms with Gasteiger partial charge in [-0.2, -0.15) is 0 Å². The van der Waals surface area contributed by atoms with Gasteiger partial charge in [-0.05, 0) is 49.9 Å². The first-order chi connectivity index (χ1) is 14.0. The van der Waals surface area contributed by atoms with Gasteiger partial charge in [0, 0.05) is 24.4 Å². The maximum Gasteiger partial charge on any atom is 0.159 e. The third kappa shape index (κ3) is 3.21. The minimum absolute atomic E-state index is 0.314. The normalized spacial score (nSPS) is 16.7. The van der Waals surface area contributed by atoms with Crippen LogP contribution in [-0.4, -0.2) is 24.6 Å². The molecule has 3 heterocycles. The molecule has 0 fully saturated rings. The summed E-state index contributed by atoms with van der Waals surface area (Å²) in [5.74, 6) is 1.58. The molecule has 0 saturated carbocycles. The number of hydrogen-bond acceptors (Lipinski definition) is 4. The molecule has 4 aromatic rings. The Morgan fingerprint density at radius 3 is 2.48 bits per heavy atom. The molecule has 2 aromatic carbocycles. The molecule has 29 heavy (non-hydrogen) atoms. The zero-order valence-corrected chi connectivity index (χ0v) is 16.7. The number of fused-ring (bicyclic) bond motifs is 3. The van der Waals surface area contributed by atoms with E-state index in [1.165, 1.54) is 5.56 Å². The Kier molecular flexibility index (Phi) is 4.21. The molecule has 5 rings (SSSR count). The van der Waals surface area contributed by atoms with Crippen LogP contribution in [-0.2, 0) is 12.0 Å². The van der Waals surface area contributed by atoms with E-state index in [0.29, 0.717) is 11.9 Å². The highest BCUT2D eigenvalue weighted by Gasteiger charge is 2.25. The molecule has 0 amide bonds. The van der Waals surface area contributed by atoms with E-state index in [2.05, 4.69) is 63.1 Å².